The third-order valence-electron chi connectivity index (χ3n) is 5.25. The van der Waals surface area contributed by atoms with Gasteiger partial charge in [0, 0.05) is 29.3 Å². The molecule has 150 valence electrons. The molecule has 30 heavy (non-hydrogen) atoms. The molecule has 1 aromatic heterocycles. The highest BCUT2D eigenvalue weighted by molar-refractivity contribution is 5.85. The van der Waals surface area contributed by atoms with Crippen molar-refractivity contribution in [1.82, 2.24) is 4.57 Å². The van der Waals surface area contributed by atoms with Crippen molar-refractivity contribution in [2.45, 2.75) is 26.2 Å². The number of rotatable bonds is 3. The Morgan fingerprint density at radius 2 is 1.50 bits per heavy atom. The molecule has 0 unspecified atom stereocenters. The maximum atomic E-state index is 12.9. The highest BCUT2D eigenvalue weighted by atomic mass is 16.6. The first-order chi connectivity index (χ1) is 14.3. The zero-order chi connectivity index (χ0) is 21.5. The molecule has 4 rings (SSSR count). The number of aromatic nitrogens is 1. The predicted octanol–water partition coefficient (Wildman–Crippen LogP) is 5.86. The summed E-state index contributed by atoms with van der Waals surface area (Å²) >= 11 is 0. The van der Waals surface area contributed by atoms with Crippen LogP contribution in [0.2, 0.25) is 0 Å². The van der Waals surface area contributed by atoms with E-state index in [1.54, 1.807) is 18.2 Å². The van der Waals surface area contributed by atoms with E-state index in [-0.39, 0.29) is 16.5 Å². The SMILES string of the molecule is CC(C)(C)c1ccccc1-n1c(-c2ccc([N+](=O)[O-])cc2)cc(=O)c2ccccc21. The average Bonchev–Trinajstić information content (AvgIpc) is 2.73. The smallest absolute Gasteiger partial charge is 0.269 e. The summed E-state index contributed by atoms with van der Waals surface area (Å²) in [6, 6.07) is 23.6. The van der Waals surface area contributed by atoms with Gasteiger partial charge >= 0.3 is 0 Å². The van der Waals surface area contributed by atoms with Crippen molar-refractivity contribution >= 4 is 16.6 Å². The van der Waals surface area contributed by atoms with Gasteiger partial charge in [-0.05, 0) is 46.9 Å². The second-order valence-corrected chi connectivity index (χ2v) is 8.32. The number of nitro groups is 1. The molecule has 1 heterocycles. The number of para-hydroxylation sites is 2. The molecule has 0 radical (unpaired) electrons. The number of hydrogen-bond donors (Lipinski definition) is 0. The van der Waals surface area contributed by atoms with E-state index in [1.165, 1.54) is 12.1 Å². The van der Waals surface area contributed by atoms with Crippen LogP contribution in [0.1, 0.15) is 26.3 Å². The molecule has 0 saturated heterocycles. The number of hydrogen-bond acceptors (Lipinski definition) is 3. The van der Waals surface area contributed by atoms with Crippen LogP contribution in [0.25, 0.3) is 27.8 Å². The van der Waals surface area contributed by atoms with Crippen LogP contribution in [0.5, 0.6) is 0 Å². The Kier molecular flexibility index (Phi) is 4.74. The quantitative estimate of drug-likeness (QED) is 0.320. The van der Waals surface area contributed by atoms with Gasteiger partial charge in [0.05, 0.1) is 16.1 Å². The van der Waals surface area contributed by atoms with Gasteiger partial charge in [0.15, 0.2) is 5.43 Å². The molecule has 0 N–H and O–H groups in total. The summed E-state index contributed by atoms with van der Waals surface area (Å²) in [6.45, 7) is 6.46. The van der Waals surface area contributed by atoms with E-state index in [4.69, 9.17) is 0 Å². The molecule has 3 aromatic carbocycles. The lowest BCUT2D eigenvalue weighted by atomic mass is 9.85. The molecule has 0 aliphatic heterocycles. The fourth-order valence-electron chi connectivity index (χ4n) is 3.80. The van der Waals surface area contributed by atoms with E-state index in [9.17, 15) is 14.9 Å². The Labute approximate surface area is 174 Å². The minimum Gasteiger partial charge on any atom is -0.309 e. The fourth-order valence-corrected chi connectivity index (χ4v) is 3.80. The maximum absolute atomic E-state index is 12.9. The second kappa shape index (κ2) is 7.26. The van der Waals surface area contributed by atoms with Gasteiger partial charge in [0.1, 0.15) is 0 Å². The minimum atomic E-state index is -0.424. The van der Waals surface area contributed by atoms with Crippen LogP contribution in [-0.4, -0.2) is 9.49 Å². The van der Waals surface area contributed by atoms with Gasteiger partial charge in [0.25, 0.3) is 5.69 Å². The van der Waals surface area contributed by atoms with Gasteiger partial charge in [-0.3, -0.25) is 14.9 Å². The van der Waals surface area contributed by atoms with E-state index in [0.717, 1.165) is 22.3 Å². The Morgan fingerprint density at radius 3 is 2.17 bits per heavy atom. The highest BCUT2D eigenvalue weighted by Gasteiger charge is 2.21. The van der Waals surface area contributed by atoms with Gasteiger partial charge in [-0.2, -0.15) is 0 Å². The Morgan fingerprint density at radius 1 is 0.867 bits per heavy atom. The zero-order valence-corrected chi connectivity index (χ0v) is 17.1. The lowest BCUT2D eigenvalue weighted by molar-refractivity contribution is -0.384. The van der Waals surface area contributed by atoms with Crippen molar-refractivity contribution in [3.8, 4) is 16.9 Å². The Balaban J connectivity index is 2.11. The molecule has 0 saturated carbocycles. The minimum absolute atomic E-state index is 0.0172. The van der Waals surface area contributed by atoms with Gasteiger partial charge in [-0.15, -0.1) is 0 Å². The van der Waals surface area contributed by atoms with Crippen LogP contribution in [0.3, 0.4) is 0 Å². The van der Waals surface area contributed by atoms with Crippen molar-refractivity contribution in [3.63, 3.8) is 0 Å². The van der Waals surface area contributed by atoms with Crippen LogP contribution < -0.4 is 5.43 Å². The number of nitrogens with zero attached hydrogens (tertiary/aromatic N) is 2. The molecule has 0 aliphatic carbocycles. The topological polar surface area (TPSA) is 65.1 Å². The van der Waals surface area contributed by atoms with Gasteiger partial charge < -0.3 is 4.57 Å². The Hall–Kier alpha value is -3.73. The first kappa shape index (κ1) is 19.6. The summed E-state index contributed by atoms with van der Waals surface area (Å²) in [5, 5.41) is 11.7. The van der Waals surface area contributed by atoms with E-state index >= 15 is 0 Å². The van der Waals surface area contributed by atoms with E-state index in [2.05, 4.69) is 31.4 Å². The number of benzene rings is 3. The molecule has 0 amide bonds. The van der Waals surface area contributed by atoms with Crippen LogP contribution >= 0.6 is 0 Å². The number of non-ortho nitro benzene ring substituents is 1. The number of pyridine rings is 1. The second-order valence-electron chi connectivity index (χ2n) is 8.32. The number of nitro benzene ring substituents is 1. The van der Waals surface area contributed by atoms with Gasteiger partial charge in [-0.25, -0.2) is 0 Å². The first-order valence-corrected chi connectivity index (χ1v) is 9.77. The van der Waals surface area contributed by atoms with Gasteiger partial charge in [-0.1, -0.05) is 51.1 Å². The standard InChI is InChI=1S/C25H22N2O3/c1-25(2,3)20-9-5-7-11-22(20)26-21-10-6-4-8-19(21)24(28)16-23(26)17-12-14-18(15-13-17)27(29)30/h4-16H,1-3H3. The highest BCUT2D eigenvalue weighted by Crippen LogP contribution is 2.34. The van der Waals surface area contributed by atoms with E-state index in [0.29, 0.717) is 11.1 Å². The number of fused-ring (bicyclic) bond motifs is 1. The molecule has 0 atom stereocenters. The predicted molar refractivity (Wildman–Crippen MR) is 120 cm³/mol. The van der Waals surface area contributed by atoms with E-state index in [1.807, 2.05) is 42.5 Å². The summed E-state index contributed by atoms with van der Waals surface area (Å²) in [5.74, 6) is 0. The molecule has 0 fully saturated rings. The molecular formula is C25H22N2O3. The summed E-state index contributed by atoms with van der Waals surface area (Å²) in [7, 11) is 0. The average molecular weight is 398 g/mol. The van der Waals surface area contributed by atoms with Crippen molar-refractivity contribution < 1.29 is 4.92 Å². The molecule has 0 spiro atoms. The summed E-state index contributed by atoms with van der Waals surface area (Å²) in [6.07, 6.45) is 0. The lowest BCUT2D eigenvalue weighted by Gasteiger charge is -2.26. The third-order valence-corrected chi connectivity index (χ3v) is 5.25. The molecular weight excluding hydrogens is 376 g/mol. The third kappa shape index (κ3) is 3.39. The summed E-state index contributed by atoms with van der Waals surface area (Å²) < 4.78 is 2.08. The van der Waals surface area contributed by atoms with Crippen LogP contribution in [0.4, 0.5) is 5.69 Å². The monoisotopic (exact) mass is 398 g/mol. The molecule has 5 heteroatoms. The lowest BCUT2D eigenvalue weighted by Crippen LogP contribution is -2.18. The van der Waals surface area contributed by atoms with Crippen molar-refractivity contribution in [2.24, 2.45) is 0 Å². The first-order valence-electron chi connectivity index (χ1n) is 9.77. The van der Waals surface area contributed by atoms with Crippen molar-refractivity contribution in [1.29, 1.82) is 0 Å². The molecule has 0 aliphatic rings. The summed E-state index contributed by atoms with van der Waals surface area (Å²) in [4.78, 5) is 23.5. The van der Waals surface area contributed by atoms with Crippen LogP contribution in [0.15, 0.2) is 83.7 Å². The molecule has 5 nitrogen and oxygen atoms in total. The normalized spacial score (nSPS) is 11.6. The zero-order valence-electron chi connectivity index (χ0n) is 17.1. The van der Waals surface area contributed by atoms with Crippen molar-refractivity contribution in [2.75, 3.05) is 0 Å². The van der Waals surface area contributed by atoms with E-state index < -0.39 is 4.92 Å². The summed E-state index contributed by atoms with van der Waals surface area (Å²) in [5.41, 5.74) is 4.18. The van der Waals surface area contributed by atoms with Crippen molar-refractivity contribution in [3.05, 3.63) is 105 Å². The van der Waals surface area contributed by atoms with Crippen LogP contribution in [0, 0.1) is 10.1 Å². The van der Waals surface area contributed by atoms with Gasteiger partial charge in [0.2, 0.25) is 0 Å². The Bertz CT molecular complexity index is 1310. The van der Waals surface area contributed by atoms with Crippen LogP contribution in [-0.2, 0) is 5.41 Å². The fraction of sp³-hybridized carbons (Fsp3) is 0.160. The molecule has 4 aromatic rings. The molecule has 0 bridgehead atoms. The maximum Gasteiger partial charge on any atom is 0.269 e. The largest absolute Gasteiger partial charge is 0.309 e.